The summed E-state index contributed by atoms with van der Waals surface area (Å²) in [5.41, 5.74) is -0.0506. The number of ether oxygens (including phenoxy) is 1. The van der Waals surface area contributed by atoms with E-state index in [1.165, 1.54) is 17.8 Å². The molecule has 86 valence electrons. The van der Waals surface area contributed by atoms with Gasteiger partial charge in [0.25, 0.3) is 0 Å². The van der Waals surface area contributed by atoms with Crippen LogP contribution in [-0.2, 0) is 4.74 Å². The van der Waals surface area contributed by atoms with Gasteiger partial charge in [0.05, 0.1) is 5.60 Å². The number of nitrogens with zero attached hydrogens (tertiary/aromatic N) is 2. The first-order chi connectivity index (χ1) is 7.69. The third-order valence-electron chi connectivity index (χ3n) is 2.95. The Bertz CT molecular complexity index is 417. The Balaban J connectivity index is 1.97. The van der Waals surface area contributed by atoms with Crippen molar-refractivity contribution in [2.75, 3.05) is 19.0 Å². The summed E-state index contributed by atoms with van der Waals surface area (Å²) >= 11 is 7.06. The standard InChI is InChI=1S/C10H12ClN3OS/c1-15-10(3-2-4-10)6-13-9-14-8(11)7(5-12)16-9/h2-4,6H2,1H3,(H,13,14). The van der Waals surface area contributed by atoms with Gasteiger partial charge in [0.1, 0.15) is 10.9 Å². The Morgan fingerprint density at radius 2 is 2.44 bits per heavy atom. The van der Waals surface area contributed by atoms with Crippen LogP contribution in [0.4, 0.5) is 5.13 Å². The zero-order valence-corrected chi connectivity index (χ0v) is 10.5. The van der Waals surface area contributed by atoms with Gasteiger partial charge in [-0.1, -0.05) is 22.9 Å². The van der Waals surface area contributed by atoms with E-state index in [1.54, 1.807) is 7.11 Å². The first-order valence-corrected chi connectivity index (χ1v) is 6.24. The normalized spacial score (nSPS) is 17.6. The predicted molar refractivity (Wildman–Crippen MR) is 63.9 cm³/mol. The fourth-order valence-electron chi connectivity index (χ4n) is 1.71. The second-order valence-electron chi connectivity index (χ2n) is 3.84. The van der Waals surface area contributed by atoms with Crippen LogP contribution in [0.5, 0.6) is 0 Å². The molecule has 2 rings (SSSR count). The van der Waals surface area contributed by atoms with Crippen molar-refractivity contribution < 1.29 is 4.74 Å². The van der Waals surface area contributed by atoms with Crippen molar-refractivity contribution in [1.29, 1.82) is 5.26 Å². The third-order valence-corrected chi connectivity index (χ3v) is 4.25. The number of aromatic nitrogens is 1. The largest absolute Gasteiger partial charge is 0.376 e. The Kier molecular flexibility index (Phi) is 3.33. The Morgan fingerprint density at radius 1 is 1.69 bits per heavy atom. The highest BCUT2D eigenvalue weighted by Crippen LogP contribution is 2.35. The molecule has 1 aromatic heterocycles. The molecule has 0 aliphatic heterocycles. The lowest BCUT2D eigenvalue weighted by molar-refractivity contribution is -0.0601. The van der Waals surface area contributed by atoms with Gasteiger partial charge in [-0.25, -0.2) is 4.98 Å². The summed E-state index contributed by atoms with van der Waals surface area (Å²) in [7, 11) is 1.73. The van der Waals surface area contributed by atoms with Gasteiger partial charge < -0.3 is 10.1 Å². The van der Waals surface area contributed by atoms with Gasteiger partial charge in [-0.05, 0) is 19.3 Å². The number of nitriles is 1. The summed E-state index contributed by atoms with van der Waals surface area (Å²) in [6, 6.07) is 2.01. The van der Waals surface area contributed by atoms with Gasteiger partial charge in [-0.2, -0.15) is 5.26 Å². The maximum absolute atomic E-state index is 8.75. The summed E-state index contributed by atoms with van der Waals surface area (Å²) in [6.07, 6.45) is 3.35. The van der Waals surface area contributed by atoms with E-state index < -0.39 is 0 Å². The summed E-state index contributed by atoms with van der Waals surface area (Å²) < 4.78 is 5.48. The van der Waals surface area contributed by atoms with E-state index >= 15 is 0 Å². The molecule has 1 N–H and O–H groups in total. The van der Waals surface area contributed by atoms with Crippen molar-refractivity contribution in [1.82, 2.24) is 4.98 Å². The van der Waals surface area contributed by atoms with Crippen LogP contribution in [0.1, 0.15) is 24.1 Å². The number of nitrogens with one attached hydrogen (secondary N) is 1. The molecule has 0 aromatic carbocycles. The van der Waals surface area contributed by atoms with Gasteiger partial charge in [-0.3, -0.25) is 0 Å². The summed E-state index contributed by atoms with van der Waals surface area (Å²) in [4.78, 5) is 4.52. The van der Waals surface area contributed by atoms with Crippen LogP contribution in [0.2, 0.25) is 5.15 Å². The van der Waals surface area contributed by atoms with Crippen LogP contribution >= 0.6 is 22.9 Å². The van der Waals surface area contributed by atoms with Crippen molar-refractivity contribution >= 4 is 28.1 Å². The van der Waals surface area contributed by atoms with Crippen LogP contribution in [0.3, 0.4) is 0 Å². The lowest BCUT2D eigenvalue weighted by atomic mass is 9.80. The van der Waals surface area contributed by atoms with Crippen molar-refractivity contribution in [2.24, 2.45) is 0 Å². The Hall–Kier alpha value is -0.830. The van der Waals surface area contributed by atoms with E-state index in [0.717, 1.165) is 19.4 Å². The number of hydrogen-bond donors (Lipinski definition) is 1. The van der Waals surface area contributed by atoms with Crippen molar-refractivity contribution in [3.63, 3.8) is 0 Å². The minimum atomic E-state index is -0.0506. The highest BCUT2D eigenvalue weighted by Gasteiger charge is 2.36. The lowest BCUT2D eigenvalue weighted by Gasteiger charge is -2.40. The predicted octanol–water partition coefficient (Wildman–Crippen LogP) is 2.65. The molecule has 0 amide bonds. The molecule has 1 heterocycles. The lowest BCUT2D eigenvalue weighted by Crippen LogP contribution is -2.45. The van der Waals surface area contributed by atoms with E-state index in [2.05, 4.69) is 10.3 Å². The summed E-state index contributed by atoms with van der Waals surface area (Å²) in [5.74, 6) is 0. The summed E-state index contributed by atoms with van der Waals surface area (Å²) in [5, 5.41) is 12.9. The van der Waals surface area contributed by atoms with E-state index in [4.69, 9.17) is 21.6 Å². The van der Waals surface area contributed by atoms with Gasteiger partial charge in [-0.15, -0.1) is 0 Å². The van der Waals surface area contributed by atoms with Crippen LogP contribution in [0.15, 0.2) is 0 Å². The number of methoxy groups -OCH3 is 1. The maximum Gasteiger partial charge on any atom is 0.185 e. The fraction of sp³-hybridized carbons (Fsp3) is 0.600. The highest BCUT2D eigenvalue weighted by atomic mass is 35.5. The number of halogens is 1. The molecular formula is C10H12ClN3OS. The molecule has 6 heteroatoms. The van der Waals surface area contributed by atoms with Gasteiger partial charge >= 0.3 is 0 Å². The van der Waals surface area contributed by atoms with E-state index in [1.807, 2.05) is 6.07 Å². The van der Waals surface area contributed by atoms with Crippen LogP contribution < -0.4 is 5.32 Å². The minimum Gasteiger partial charge on any atom is -0.376 e. The zero-order valence-electron chi connectivity index (χ0n) is 8.92. The SMILES string of the molecule is COC1(CNc2nc(Cl)c(C#N)s2)CCC1. The molecule has 1 aliphatic carbocycles. The maximum atomic E-state index is 8.75. The third kappa shape index (κ3) is 2.14. The molecule has 0 unspecified atom stereocenters. The molecule has 1 aliphatic rings. The number of thiazole rings is 1. The van der Waals surface area contributed by atoms with Gasteiger partial charge in [0.15, 0.2) is 10.3 Å². The average Bonchev–Trinajstić information content (AvgIpc) is 2.58. The highest BCUT2D eigenvalue weighted by molar-refractivity contribution is 7.16. The molecule has 0 spiro atoms. The molecule has 1 fully saturated rings. The van der Waals surface area contributed by atoms with Crippen molar-refractivity contribution in [3.05, 3.63) is 10.0 Å². The molecule has 0 radical (unpaired) electrons. The quantitative estimate of drug-likeness (QED) is 0.901. The topological polar surface area (TPSA) is 57.9 Å². The molecule has 0 bridgehead atoms. The van der Waals surface area contributed by atoms with Gasteiger partial charge in [0, 0.05) is 13.7 Å². The van der Waals surface area contributed by atoms with E-state index in [0.29, 0.717) is 10.0 Å². The zero-order chi connectivity index (χ0) is 11.6. The monoisotopic (exact) mass is 257 g/mol. The molecular weight excluding hydrogens is 246 g/mol. The molecule has 16 heavy (non-hydrogen) atoms. The molecule has 4 nitrogen and oxygen atoms in total. The Labute approximate surface area is 103 Å². The van der Waals surface area contributed by atoms with Crippen molar-refractivity contribution in [2.45, 2.75) is 24.9 Å². The molecule has 0 atom stereocenters. The van der Waals surface area contributed by atoms with Crippen molar-refractivity contribution in [3.8, 4) is 6.07 Å². The molecule has 1 aromatic rings. The number of anilines is 1. The minimum absolute atomic E-state index is 0.0506. The van der Waals surface area contributed by atoms with E-state index in [9.17, 15) is 0 Å². The van der Waals surface area contributed by atoms with Crippen LogP contribution in [-0.4, -0.2) is 24.2 Å². The van der Waals surface area contributed by atoms with Crippen LogP contribution in [0.25, 0.3) is 0 Å². The number of rotatable bonds is 4. The van der Waals surface area contributed by atoms with E-state index in [-0.39, 0.29) is 10.8 Å². The molecule has 1 saturated carbocycles. The number of hydrogen-bond acceptors (Lipinski definition) is 5. The molecule has 0 saturated heterocycles. The first-order valence-electron chi connectivity index (χ1n) is 5.04. The smallest absolute Gasteiger partial charge is 0.185 e. The average molecular weight is 258 g/mol. The second-order valence-corrected chi connectivity index (χ2v) is 5.20. The summed E-state index contributed by atoms with van der Waals surface area (Å²) in [6.45, 7) is 0.720. The van der Waals surface area contributed by atoms with Crippen LogP contribution in [0, 0.1) is 11.3 Å². The Morgan fingerprint density at radius 3 is 2.88 bits per heavy atom. The van der Waals surface area contributed by atoms with Gasteiger partial charge in [0.2, 0.25) is 0 Å². The second kappa shape index (κ2) is 4.58. The fourth-order valence-corrected chi connectivity index (χ4v) is 2.65. The first kappa shape index (κ1) is 11.6.